The predicted molar refractivity (Wildman–Crippen MR) is 148 cm³/mol. The molecule has 8 heteroatoms. The first kappa shape index (κ1) is 23.9. The summed E-state index contributed by atoms with van der Waals surface area (Å²) >= 11 is 0. The lowest BCUT2D eigenvalue weighted by Crippen LogP contribution is -2.30. The Morgan fingerprint density at radius 1 is 1.11 bits per heavy atom. The van der Waals surface area contributed by atoms with Crippen LogP contribution in [0.15, 0.2) is 85.5 Å². The second kappa shape index (κ2) is 10.5. The number of likely N-dealkylation sites (N-methyl/N-ethyl adjacent to an activating group) is 1. The van der Waals surface area contributed by atoms with E-state index in [1.807, 2.05) is 66.9 Å². The second-order valence-electron chi connectivity index (χ2n) is 9.80. The van der Waals surface area contributed by atoms with Crippen LogP contribution in [0.25, 0.3) is 22.2 Å². The van der Waals surface area contributed by atoms with E-state index in [4.69, 9.17) is 4.74 Å². The summed E-state index contributed by atoms with van der Waals surface area (Å²) in [5.41, 5.74) is 4.96. The van der Waals surface area contributed by atoms with E-state index < -0.39 is 0 Å². The zero-order valence-corrected chi connectivity index (χ0v) is 21.3. The Kier molecular flexibility index (Phi) is 6.62. The van der Waals surface area contributed by atoms with E-state index in [2.05, 4.69) is 32.3 Å². The number of likely N-dealkylation sites (tertiary alicyclic amines) is 1. The van der Waals surface area contributed by atoms with Crippen molar-refractivity contribution in [1.82, 2.24) is 24.6 Å². The highest BCUT2D eigenvalue weighted by Gasteiger charge is 2.21. The average Bonchev–Trinajstić information content (AvgIpc) is 3.68. The van der Waals surface area contributed by atoms with Crippen LogP contribution in [0.1, 0.15) is 28.8 Å². The van der Waals surface area contributed by atoms with E-state index in [-0.39, 0.29) is 5.91 Å². The number of pyridine rings is 1. The Morgan fingerprint density at radius 3 is 2.84 bits per heavy atom. The first-order valence-corrected chi connectivity index (χ1v) is 12.9. The molecular formula is C30H30N6O2. The number of aromatic amines is 1. The van der Waals surface area contributed by atoms with Gasteiger partial charge in [-0.3, -0.25) is 9.48 Å². The van der Waals surface area contributed by atoms with Gasteiger partial charge in [0.05, 0.1) is 24.0 Å². The highest BCUT2D eigenvalue weighted by molar-refractivity contribution is 6.08. The summed E-state index contributed by atoms with van der Waals surface area (Å²) in [5.74, 6) is 0.626. The first-order valence-electron chi connectivity index (χ1n) is 12.9. The van der Waals surface area contributed by atoms with Crippen molar-refractivity contribution in [3.05, 3.63) is 96.6 Å². The number of fused-ring (bicyclic) bond motifs is 1. The lowest BCUT2D eigenvalue weighted by atomic mass is 10.1. The van der Waals surface area contributed by atoms with Gasteiger partial charge in [-0.25, -0.2) is 4.98 Å². The van der Waals surface area contributed by atoms with E-state index in [1.165, 1.54) is 12.8 Å². The molecular weight excluding hydrogens is 476 g/mol. The Morgan fingerprint density at radius 2 is 2.00 bits per heavy atom. The van der Waals surface area contributed by atoms with Crippen LogP contribution in [0.4, 0.5) is 5.69 Å². The number of ether oxygens (including phenoxy) is 1. The highest BCUT2D eigenvalue weighted by atomic mass is 16.5. The Balaban J connectivity index is 1.17. The topological polar surface area (TPSA) is 88.1 Å². The van der Waals surface area contributed by atoms with Crippen molar-refractivity contribution in [3.8, 4) is 16.9 Å². The number of amides is 1. The summed E-state index contributed by atoms with van der Waals surface area (Å²) < 4.78 is 7.89. The molecule has 0 bridgehead atoms. The Bertz CT molecular complexity index is 1560. The number of hydrogen-bond acceptors (Lipinski definition) is 5. The van der Waals surface area contributed by atoms with Gasteiger partial charge in [0, 0.05) is 35.6 Å². The van der Waals surface area contributed by atoms with Crippen LogP contribution in [0.3, 0.4) is 0 Å². The van der Waals surface area contributed by atoms with Crippen LogP contribution in [-0.4, -0.2) is 56.8 Å². The minimum Gasteiger partial charge on any atom is -0.492 e. The lowest BCUT2D eigenvalue weighted by Gasteiger charge is -2.19. The molecule has 8 nitrogen and oxygen atoms in total. The molecule has 38 heavy (non-hydrogen) atoms. The van der Waals surface area contributed by atoms with E-state index in [9.17, 15) is 4.79 Å². The van der Waals surface area contributed by atoms with Gasteiger partial charge in [-0.05, 0) is 55.8 Å². The summed E-state index contributed by atoms with van der Waals surface area (Å²) in [4.78, 5) is 23.1. The van der Waals surface area contributed by atoms with Crippen molar-refractivity contribution in [2.24, 2.45) is 0 Å². The van der Waals surface area contributed by atoms with Crippen molar-refractivity contribution in [1.29, 1.82) is 0 Å². The molecule has 0 spiro atoms. The molecule has 6 rings (SSSR count). The van der Waals surface area contributed by atoms with Gasteiger partial charge in [0.25, 0.3) is 5.91 Å². The molecule has 3 aromatic heterocycles. The summed E-state index contributed by atoms with van der Waals surface area (Å²) in [6.45, 7) is 2.42. The van der Waals surface area contributed by atoms with Crippen LogP contribution in [0, 0.1) is 0 Å². The van der Waals surface area contributed by atoms with Gasteiger partial charge >= 0.3 is 0 Å². The third kappa shape index (κ3) is 5.17. The van der Waals surface area contributed by atoms with Crippen molar-refractivity contribution in [3.63, 3.8) is 0 Å². The third-order valence-electron chi connectivity index (χ3n) is 7.14. The number of hydrogen-bond donors (Lipinski definition) is 2. The maximum absolute atomic E-state index is 13.0. The molecule has 0 radical (unpaired) electrons. The Labute approximate surface area is 221 Å². The molecule has 1 atom stereocenters. The van der Waals surface area contributed by atoms with Crippen LogP contribution in [-0.2, 0) is 6.54 Å². The normalized spacial score (nSPS) is 15.7. The molecule has 1 aliphatic heterocycles. The molecule has 0 unspecified atom stereocenters. The van der Waals surface area contributed by atoms with Crippen molar-refractivity contribution in [2.45, 2.75) is 25.4 Å². The van der Waals surface area contributed by atoms with Gasteiger partial charge in [-0.1, -0.05) is 42.5 Å². The summed E-state index contributed by atoms with van der Waals surface area (Å²) in [6, 6.07) is 20.6. The lowest BCUT2D eigenvalue weighted by molar-refractivity contribution is 0.102. The van der Waals surface area contributed by atoms with Gasteiger partial charge < -0.3 is 19.9 Å². The van der Waals surface area contributed by atoms with Gasteiger partial charge in [-0.15, -0.1) is 0 Å². The number of anilines is 1. The third-order valence-corrected chi connectivity index (χ3v) is 7.14. The van der Waals surface area contributed by atoms with Gasteiger partial charge in [-0.2, -0.15) is 5.10 Å². The molecule has 1 amide bonds. The summed E-state index contributed by atoms with van der Waals surface area (Å²) in [5, 5.41) is 8.20. The van der Waals surface area contributed by atoms with Crippen molar-refractivity contribution >= 4 is 22.6 Å². The molecule has 0 aliphatic carbocycles. The number of carbonyl (C=O) groups is 1. The van der Waals surface area contributed by atoms with Crippen LogP contribution in [0.2, 0.25) is 0 Å². The number of aromatic nitrogens is 4. The van der Waals surface area contributed by atoms with Crippen molar-refractivity contribution < 1.29 is 9.53 Å². The minimum absolute atomic E-state index is 0.220. The average molecular weight is 507 g/mol. The Hall–Kier alpha value is -4.43. The van der Waals surface area contributed by atoms with Gasteiger partial charge in [0.1, 0.15) is 18.0 Å². The maximum Gasteiger partial charge on any atom is 0.258 e. The standard InChI is InChI=1S/C30H30N6O2/c1-35-12-6-10-25(35)20-38-26-11-5-9-22(13-26)23-14-27-28(17-32-29(27)31-15-23)34-30(37)24-16-33-36(19-24)18-21-7-3-2-4-8-21/h2-5,7-9,11,13-17,19,25H,6,10,12,18,20H2,1H3,(H,31,32)(H,34,37)/t25-/m0/s1. The van der Waals surface area contributed by atoms with E-state index in [1.54, 1.807) is 23.3 Å². The van der Waals surface area contributed by atoms with Gasteiger partial charge in [0.15, 0.2) is 0 Å². The number of H-pyrrole nitrogens is 1. The fraction of sp³-hybridized carbons (Fsp3) is 0.233. The monoisotopic (exact) mass is 506 g/mol. The summed E-state index contributed by atoms with van der Waals surface area (Å²) in [7, 11) is 2.16. The van der Waals surface area contributed by atoms with E-state index >= 15 is 0 Å². The SMILES string of the molecule is CN1CCC[C@H]1COc1cccc(-c2cnc3[nH]cc(NC(=O)c4cnn(Cc5ccccc5)c4)c3c2)c1. The molecule has 4 heterocycles. The van der Waals surface area contributed by atoms with E-state index in [0.29, 0.717) is 36.1 Å². The molecule has 192 valence electrons. The molecule has 1 saturated heterocycles. The zero-order chi connectivity index (χ0) is 25.9. The number of rotatable bonds is 8. The quantitative estimate of drug-likeness (QED) is 0.302. The highest BCUT2D eigenvalue weighted by Crippen LogP contribution is 2.30. The molecule has 1 fully saturated rings. The second-order valence-corrected chi connectivity index (χ2v) is 9.80. The van der Waals surface area contributed by atoms with Crippen LogP contribution < -0.4 is 10.1 Å². The molecule has 0 saturated carbocycles. The maximum atomic E-state index is 13.0. The van der Waals surface area contributed by atoms with Crippen LogP contribution in [0.5, 0.6) is 5.75 Å². The smallest absolute Gasteiger partial charge is 0.258 e. The number of nitrogens with zero attached hydrogens (tertiary/aromatic N) is 4. The van der Waals surface area contributed by atoms with E-state index in [0.717, 1.165) is 34.4 Å². The molecule has 1 aliphatic rings. The van der Waals surface area contributed by atoms with Crippen LogP contribution >= 0.6 is 0 Å². The molecule has 2 aromatic carbocycles. The fourth-order valence-corrected chi connectivity index (χ4v) is 4.94. The minimum atomic E-state index is -0.220. The first-order chi connectivity index (χ1) is 18.6. The largest absolute Gasteiger partial charge is 0.492 e. The fourth-order valence-electron chi connectivity index (χ4n) is 4.94. The zero-order valence-electron chi connectivity index (χ0n) is 21.3. The molecule has 5 aromatic rings. The number of nitrogens with one attached hydrogen (secondary N) is 2. The summed E-state index contributed by atoms with van der Waals surface area (Å²) in [6.07, 6.45) is 9.35. The molecule has 2 N–H and O–H groups in total. The van der Waals surface area contributed by atoms with Gasteiger partial charge in [0.2, 0.25) is 0 Å². The van der Waals surface area contributed by atoms with Crippen molar-refractivity contribution in [2.75, 3.05) is 25.5 Å². The number of benzene rings is 2. The predicted octanol–water partition coefficient (Wildman–Crippen LogP) is 5.20. The number of carbonyl (C=O) groups excluding carboxylic acids is 1.